The van der Waals surface area contributed by atoms with Crippen molar-refractivity contribution in [1.82, 2.24) is 0 Å². The van der Waals surface area contributed by atoms with E-state index in [0.29, 0.717) is 6.54 Å². The summed E-state index contributed by atoms with van der Waals surface area (Å²) in [6, 6.07) is 7.59. The normalized spacial score (nSPS) is 11.1. The maximum Gasteiger partial charge on any atom is 0.303 e. The van der Waals surface area contributed by atoms with Gasteiger partial charge in [-0.1, -0.05) is 0 Å². The van der Waals surface area contributed by atoms with Crippen molar-refractivity contribution in [2.75, 3.05) is 24.2 Å². The zero-order valence-corrected chi connectivity index (χ0v) is 10.9. The summed E-state index contributed by atoms with van der Waals surface area (Å²) in [5.74, 6) is -0.263. The second-order valence-corrected chi connectivity index (χ2v) is 4.80. The van der Waals surface area contributed by atoms with Gasteiger partial charge in [-0.15, -0.1) is 0 Å². The molecule has 1 rings (SSSR count). The molecule has 4 heteroatoms. The number of esters is 1. The van der Waals surface area contributed by atoms with Crippen LogP contribution < -0.4 is 10.6 Å². The number of ether oxygens (including phenoxy) is 1. The maximum absolute atomic E-state index is 11.0. The molecule has 0 fully saturated rings. The van der Waals surface area contributed by atoms with Crippen molar-refractivity contribution in [3.63, 3.8) is 0 Å². The number of rotatable bonds is 4. The molecule has 0 heterocycles. The summed E-state index contributed by atoms with van der Waals surface area (Å²) in [5, 5.41) is 0. The lowest BCUT2D eigenvalue weighted by Gasteiger charge is -2.31. The molecule has 0 unspecified atom stereocenters. The molecule has 1 aromatic carbocycles. The van der Waals surface area contributed by atoms with Crippen LogP contribution in [0, 0.1) is 0 Å². The number of carbonyl (C=O) groups excluding carboxylic acids is 1. The number of benzene rings is 1. The average Bonchev–Trinajstić information content (AvgIpc) is 2.15. The van der Waals surface area contributed by atoms with Crippen LogP contribution in [0.5, 0.6) is 0 Å². The molecule has 0 aromatic heterocycles. The van der Waals surface area contributed by atoms with Crippen molar-refractivity contribution in [2.45, 2.75) is 26.4 Å². The fourth-order valence-corrected chi connectivity index (χ4v) is 1.81. The first kappa shape index (κ1) is 13.4. The molecular formula is C13H20N2O2. The number of likely N-dealkylation sites (N-methyl/N-ethyl adjacent to an activating group) is 1. The molecule has 0 aliphatic carbocycles. The Hall–Kier alpha value is -1.71. The van der Waals surface area contributed by atoms with Gasteiger partial charge in [0.15, 0.2) is 0 Å². The van der Waals surface area contributed by atoms with Crippen LogP contribution in [-0.2, 0) is 9.53 Å². The SMILES string of the molecule is CC(=O)OC(C)(C)CN(C)c1ccc(N)cc1. The van der Waals surface area contributed by atoms with E-state index < -0.39 is 5.60 Å². The first-order chi connectivity index (χ1) is 7.80. The lowest BCUT2D eigenvalue weighted by atomic mass is 10.1. The number of anilines is 2. The highest BCUT2D eigenvalue weighted by Crippen LogP contribution is 2.19. The van der Waals surface area contributed by atoms with Crippen LogP contribution >= 0.6 is 0 Å². The lowest BCUT2D eigenvalue weighted by molar-refractivity contribution is -0.152. The Bertz CT molecular complexity index is 385. The van der Waals surface area contributed by atoms with Gasteiger partial charge in [-0.2, -0.15) is 0 Å². The van der Waals surface area contributed by atoms with E-state index in [0.717, 1.165) is 11.4 Å². The summed E-state index contributed by atoms with van der Waals surface area (Å²) in [6.07, 6.45) is 0. The highest BCUT2D eigenvalue weighted by atomic mass is 16.6. The summed E-state index contributed by atoms with van der Waals surface area (Å²) in [4.78, 5) is 13.0. The Kier molecular flexibility index (Phi) is 3.99. The number of hydrogen-bond acceptors (Lipinski definition) is 4. The first-order valence-corrected chi connectivity index (χ1v) is 5.56. The van der Waals surface area contributed by atoms with Crippen LogP contribution in [0.15, 0.2) is 24.3 Å². The molecule has 0 saturated carbocycles. The molecule has 0 atom stereocenters. The van der Waals surface area contributed by atoms with Crippen molar-refractivity contribution in [3.8, 4) is 0 Å². The molecule has 0 spiro atoms. The van der Waals surface area contributed by atoms with Gasteiger partial charge >= 0.3 is 5.97 Å². The number of nitrogen functional groups attached to an aromatic ring is 1. The Morgan fingerprint density at radius 3 is 2.35 bits per heavy atom. The van der Waals surface area contributed by atoms with Gasteiger partial charge in [0.2, 0.25) is 0 Å². The minimum Gasteiger partial charge on any atom is -0.458 e. The van der Waals surface area contributed by atoms with Crippen LogP contribution in [0.1, 0.15) is 20.8 Å². The van der Waals surface area contributed by atoms with E-state index in [1.807, 2.05) is 50.1 Å². The minimum absolute atomic E-state index is 0.263. The van der Waals surface area contributed by atoms with Crippen molar-refractivity contribution >= 4 is 17.3 Å². The molecule has 17 heavy (non-hydrogen) atoms. The molecule has 0 bridgehead atoms. The highest BCUT2D eigenvalue weighted by molar-refractivity contribution is 5.66. The van der Waals surface area contributed by atoms with E-state index in [1.54, 1.807) is 0 Å². The lowest BCUT2D eigenvalue weighted by Crippen LogP contribution is -2.40. The Morgan fingerprint density at radius 1 is 1.35 bits per heavy atom. The third-order valence-corrected chi connectivity index (χ3v) is 2.37. The molecule has 0 radical (unpaired) electrons. The smallest absolute Gasteiger partial charge is 0.303 e. The predicted octanol–water partition coefficient (Wildman–Crippen LogP) is 2.05. The molecule has 94 valence electrons. The molecule has 1 aromatic rings. The van der Waals surface area contributed by atoms with Gasteiger partial charge in [0.05, 0.1) is 6.54 Å². The summed E-state index contributed by atoms with van der Waals surface area (Å²) in [5.41, 5.74) is 6.90. The van der Waals surface area contributed by atoms with Crippen LogP contribution in [0.2, 0.25) is 0 Å². The van der Waals surface area contributed by atoms with Crippen LogP contribution in [-0.4, -0.2) is 25.2 Å². The van der Waals surface area contributed by atoms with Gasteiger partial charge in [-0.3, -0.25) is 4.79 Å². The van der Waals surface area contributed by atoms with Crippen molar-refractivity contribution in [3.05, 3.63) is 24.3 Å². The summed E-state index contributed by atoms with van der Waals surface area (Å²) < 4.78 is 5.25. The minimum atomic E-state index is -0.512. The van der Waals surface area contributed by atoms with Crippen molar-refractivity contribution < 1.29 is 9.53 Å². The molecule has 0 saturated heterocycles. The van der Waals surface area contributed by atoms with E-state index in [2.05, 4.69) is 0 Å². The topological polar surface area (TPSA) is 55.6 Å². The van der Waals surface area contributed by atoms with E-state index >= 15 is 0 Å². The van der Waals surface area contributed by atoms with Crippen LogP contribution in [0.3, 0.4) is 0 Å². The number of nitrogens with zero attached hydrogens (tertiary/aromatic N) is 1. The first-order valence-electron chi connectivity index (χ1n) is 5.56. The van der Waals surface area contributed by atoms with Gasteiger partial charge in [-0.05, 0) is 38.1 Å². The van der Waals surface area contributed by atoms with E-state index in [4.69, 9.17) is 10.5 Å². The van der Waals surface area contributed by atoms with Gasteiger partial charge in [-0.25, -0.2) is 0 Å². The Balaban J connectivity index is 2.68. The molecule has 4 nitrogen and oxygen atoms in total. The second kappa shape index (κ2) is 5.08. The molecule has 0 aliphatic heterocycles. The zero-order chi connectivity index (χ0) is 13.1. The van der Waals surface area contributed by atoms with Crippen LogP contribution in [0.4, 0.5) is 11.4 Å². The van der Waals surface area contributed by atoms with Gasteiger partial charge < -0.3 is 15.4 Å². The fraction of sp³-hybridized carbons (Fsp3) is 0.462. The predicted molar refractivity (Wildman–Crippen MR) is 70.0 cm³/mol. The van der Waals surface area contributed by atoms with E-state index in [-0.39, 0.29) is 5.97 Å². The van der Waals surface area contributed by atoms with Crippen LogP contribution in [0.25, 0.3) is 0 Å². The average molecular weight is 236 g/mol. The summed E-state index contributed by atoms with van der Waals surface area (Å²) in [7, 11) is 1.96. The molecule has 0 aliphatic rings. The van der Waals surface area contributed by atoms with Crippen molar-refractivity contribution in [2.24, 2.45) is 0 Å². The number of carbonyl (C=O) groups is 1. The number of nitrogens with two attached hydrogens (primary N) is 1. The molecule has 2 N–H and O–H groups in total. The van der Waals surface area contributed by atoms with E-state index in [1.165, 1.54) is 6.92 Å². The van der Waals surface area contributed by atoms with Gasteiger partial charge in [0.1, 0.15) is 5.60 Å². The number of hydrogen-bond donors (Lipinski definition) is 1. The second-order valence-electron chi connectivity index (χ2n) is 4.80. The fourth-order valence-electron chi connectivity index (χ4n) is 1.81. The maximum atomic E-state index is 11.0. The summed E-state index contributed by atoms with van der Waals surface area (Å²) in [6.45, 7) is 5.83. The van der Waals surface area contributed by atoms with Crippen molar-refractivity contribution in [1.29, 1.82) is 0 Å². The molecular weight excluding hydrogens is 216 g/mol. The van der Waals surface area contributed by atoms with Gasteiger partial charge in [0.25, 0.3) is 0 Å². The zero-order valence-electron chi connectivity index (χ0n) is 10.9. The Morgan fingerprint density at radius 2 is 1.88 bits per heavy atom. The standard InChI is InChI=1S/C13H20N2O2/c1-10(16)17-13(2,3)9-15(4)12-7-5-11(14)6-8-12/h5-8H,9,14H2,1-4H3. The third-order valence-electron chi connectivity index (χ3n) is 2.37. The largest absolute Gasteiger partial charge is 0.458 e. The third kappa shape index (κ3) is 4.34. The Labute approximate surface area is 102 Å². The highest BCUT2D eigenvalue weighted by Gasteiger charge is 2.23. The van der Waals surface area contributed by atoms with E-state index in [9.17, 15) is 4.79 Å². The molecule has 0 amide bonds. The monoisotopic (exact) mass is 236 g/mol. The van der Waals surface area contributed by atoms with Gasteiger partial charge in [0, 0.05) is 25.3 Å². The quantitative estimate of drug-likeness (QED) is 0.642. The summed E-state index contributed by atoms with van der Waals surface area (Å²) >= 11 is 0.